The molecule has 8 nitrogen and oxygen atoms in total. The van der Waals surface area contributed by atoms with E-state index in [1.807, 2.05) is 54.8 Å². The number of ketones is 1. The number of carbonyl (C=O) groups excluding carboxylic acids is 3. The lowest BCUT2D eigenvalue weighted by molar-refractivity contribution is -0.167. The number of amides is 2. The number of nitrogens with zero attached hydrogens (tertiary/aromatic N) is 2. The zero-order chi connectivity index (χ0) is 23.3. The van der Waals surface area contributed by atoms with Crippen LogP contribution >= 0.6 is 0 Å². The predicted octanol–water partition coefficient (Wildman–Crippen LogP) is 2.93. The lowest BCUT2D eigenvalue weighted by Gasteiger charge is -2.15. The molecule has 0 unspecified atom stereocenters. The lowest BCUT2D eigenvalue weighted by Crippen LogP contribution is -2.32. The summed E-state index contributed by atoms with van der Waals surface area (Å²) in [5.41, 5.74) is 7.91. The van der Waals surface area contributed by atoms with Crippen LogP contribution in [0.15, 0.2) is 48.5 Å². The number of primary amides is 1. The van der Waals surface area contributed by atoms with Gasteiger partial charge in [0.15, 0.2) is 6.61 Å². The molecule has 0 fully saturated rings. The minimum atomic E-state index is -1.06. The number of carbonyl (C=O) groups is 3. The quantitative estimate of drug-likeness (QED) is 0.219. The first kappa shape index (κ1) is 23.0. The molecule has 0 aliphatic rings. The maximum absolute atomic E-state index is 12.8. The highest BCUT2D eigenvalue weighted by molar-refractivity contribution is 6.45. The van der Waals surface area contributed by atoms with Gasteiger partial charge in [0.25, 0.3) is 17.6 Å². The Balaban J connectivity index is 2.13. The molecule has 2 amide bonds. The third-order valence-electron chi connectivity index (χ3n) is 5.20. The van der Waals surface area contributed by atoms with Crippen molar-refractivity contribution in [3.8, 4) is 5.75 Å². The molecule has 32 heavy (non-hydrogen) atoms. The Morgan fingerprint density at radius 3 is 2.41 bits per heavy atom. The summed E-state index contributed by atoms with van der Waals surface area (Å²) in [6.45, 7) is 3.99. The van der Waals surface area contributed by atoms with Gasteiger partial charge < -0.3 is 15.0 Å². The summed E-state index contributed by atoms with van der Waals surface area (Å²) < 4.78 is 7.68. The van der Waals surface area contributed by atoms with E-state index in [1.165, 1.54) is 0 Å². The maximum Gasteiger partial charge on any atom is 0.289 e. The second kappa shape index (κ2) is 10.1. The van der Waals surface area contributed by atoms with Crippen molar-refractivity contribution in [1.29, 1.82) is 0 Å². The molecule has 1 aromatic heterocycles. The van der Waals surface area contributed by atoms with E-state index >= 15 is 0 Å². The Bertz CT molecular complexity index is 1140. The zero-order valence-corrected chi connectivity index (χ0v) is 18.2. The second-order valence-electron chi connectivity index (χ2n) is 7.40. The molecular weight excluding hydrogens is 410 g/mol. The van der Waals surface area contributed by atoms with Gasteiger partial charge in [-0.3, -0.25) is 19.6 Å². The van der Waals surface area contributed by atoms with E-state index in [0.717, 1.165) is 5.56 Å². The van der Waals surface area contributed by atoms with Crippen molar-refractivity contribution in [1.82, 2.24) is 9.63 Å². The van der Waals surface area contributed by atoms with Crippen LogP contribution in [0.5, 0.6) is 5.75 Å². The van der Waals surface area contributed by atoms with Gasteiger partial charge in [0.05, 0.1) is 16.5 Å². The summed E-state index contributed by atoms with van der Waals surface area (Å²) in [4.78, 5) is 36.8. The molecule has 0 bridgehead atoms. The fourth-order valence-electron chi connectivity index (χ4n) is 3.77. The fourth-order valence-corrected chi connectivity index (χ4v) is 3.77. The van der Waals surface area contributed by atoms with Gasteiger partial charge in [-0.05, 0) is 30.5 Å². The van der Waals surface area contributed by atoms with Crippen molar-refractivity contribution in [2.75, 3.05) is 13.2 Å². The van der Waals surface area contributed by atoms with Crippen LogP contribution in [0.2, 0.25) is 0 Å². The van der Waals surface area contributed by atoms with Gasteiger partial charge >= 0.3 is 0 Å². The third-order valence-corrected chi connectivity index (χ3v) is 5.20. The maximum atomic E-state index is 12.8. The van der Waals surface area contributed by atoms with Crippen molar-refractivity contribution < 1.29 is 24.3 Å². The van der Waals surface area contributed by atoms with Crippen molar-refractivity contribution in [3.63, 3.8) is 0 Å². The smallest absolute Gasteiger partial charge is 0.289 e. The molecule has 2 aromatic carbocycles. The number of hydrogen-bond acceptors (Lipinski definition) is 5. The molecule has 0 saturated carbocycles. The number of hydroxylamine groups is 2. The average Bonchev–Trinajstić information content (AvgIpc) is 3.11. The van der Waals surface area contributed by atoms with Crippen LogP contribution in [0.25, 0.3) is 10.9 Å². The van der Waals surface area contributed by atoms with Gasteiger partial charge in [-0.15, -0.1) is 0 Å². The highest BCUT2D eigenvalue weighted by Crippen LogP contribution is 2.35. The summed E-state index contributed by atoms with van der Waals surface area (Å²) in [6.07, 6.45) is 1.08. The molecule has 0 aliphatic carbocycles. The van der Waals surface area contributed by atoms with Crippen LogP contribution in [-0.2, 0) is 22.6 Å². The SMILES string of the molecule is CCCN(O)C(=O)COc1cccc2c1c(C(=O)C(N)=O)c(CC)n2Cc1ccccc1. The highest BCUT2D eigenvalue weighted by atomic mass is 16.5. The van der Waals surface area contributed by atoms with Crippen LogP contribution < -0.4 is 10.5 Å². The summed E-state index contributed by atoms with van der Waals surface area (Å²) in [5.74, 6) is -2.21. The summed E-state index contributed by atoms with van der Waals surface area (Å²) in [5, 5.41) is 10.8. The molecule has 168 valence electrons. The van der Waals surface area contributed by atoms with Crippen LogP contribution in [0, 0.1) is 0 Å². The third kappa shape index (κ3) is 4.65. The van der Waals surface area contributed by atoms with Gasteiger partial charge in [0.2, 0.25) is 0 Å². The summed E-state index contributed by atoms with van der Waals surface area (Å²) >= 11 is 0. The van der Waals surface area contributed by atoms with Gasteiger partial charge in [0, 0.05) is 18.8 Å². The van der Waals surface area contributed by atoms with E-state index in [9.17, 15) is 19.6 Å². The molecule has 0 atom stereocenters. The Hall–Kier alpha value is -3.65. The number of fused-ring (bicyclic) bond motifs is 1. The molecule has 1 heterocycles. The number of Topliss-reactive ketones (excluding diaryl/α,β-unsaturated/α-hetero) is 1. The fraction of sp³-hybridized carbons (Fsp3) is 0.292. The van der Waals surface area contributed by atoms with E-state index in [-0.39, 0.29) is 17.9 Å². The molecule has 0 spiro atoms. The van der Waals surface area contributed by atoms with Crippen LogP contribution in [0.1, 0.15) is 41.9 Å². The van der Waals surface area contributed by atoms with E-state index in [1.54, 1.807) is 12.1 Å². The first-order valence-electron chi connectivity index (χ1n) is 10.5. The number of hydrogen-bond donors (Lipinski definition) is 2. The standard InChI is InChI=1S/C24H27N3O5/c1-3-13-27(31)20(28)15-32-19-12-8-11-18-21(19)22(23(29)24(25)30)17(4-2)26(18)14-16-9-6-5-7-10-16/h5-12,31H,3-4,13-15H2,1-2H3,(H2,25,30). The number of rotatable bonds is 10. The first-order chi connectivity index (χ1) is 15.4. The van der Waals surface area contributed by atoms with Gasteiger partial charge in [0.1, 0.15) is 5.75 Å². The highest BCUT2D eigenvalue weighted by Gasteiger charge is 2.27. The number of nitrogens with two attached hydrogens (primary N) is 1. The normalized spacial score (nSPS) is 10.8. The van der Waals surface area contributed by atoms with E-state index < -0.39 is 24.2 Å². The first-order valence-corrected chi connectivity index (χ1v) is 10.5. The number of aromatic nitrogens is 1. The van der Waals surface area contributed by atoms with Crippen molar-refractivity contribution in [3.05, 3.63) is 65.4 Å². The molecule has 0 aliphatic heterocycles. The molecule has 3 rings (SSSR count). The Kier molecular flexibility index (Phi) is 7.27. The lowest BCUT2D eigenvalue weighted by atomic mass is 10.0. The average molecular weight is 437 g/mol. The molecular formula is C24H27N3O5. The van der Waals surface area contributed by atoms with Gasteiger partial charge in [-0.25, -0.2) is 5.06 Å². The Morgan fingerprint density at radius 2 is 1.78 bits per heavy atom. The van der Waals surface area contributed by atoms with E-state index in [2.05, 4.69) is 0 Å². The van der Waals surface area contributed by atoms with E-state index in [0.29, 0.717) is 41.0 Å². The summed E-state index contributed by atoms with van der Waals surface area (Å²) in [7, 11) is 0. The zero-order valence-electron chi connectivity index (χ0n) is 18.2. The monoisotopic (exact) mass is 437 g/mol. The number of benzene rings is 2. The van der Waals surface area contributed by atoms with Crippen LogP contribution in [-0.4, -0.2) is 45.6 Å². The second-order valence-corrected chi connectivity index (χ2v) is 7.40. The van der Waals surface area contributed by atoms with Gasteiger partial charge in [-0.2, -0.15) is 0 Å². The Morgan fingerprint density at radius 1 is 1.06 bits per heavy atom. The minimum absolute atomic E-state index is 0.184. The predicted molar refractivity (Wildman–Crippen MR) is 120 cm³/mol. The van der Waals surface area contributed by atoms with Crippen molar-refractivity contribution >= 4 is 28.5 Å². The summed E-state index contributed by atoms with van der Waals surface area (Å²) in [6, 6.07) is 14.9. The van der Waals surface area contributed by atoms with Crippen LogP contribution in [0.4, 0.5) is 0 Å². The molecule has 0 radical (unpaired) electrons. The van der Waals surface area contributed by atoms with Crippen molar-refractivity contribution in [2.45, 2.75) is 33.2 Å². The molecule has 3 N–H and O–H groups in total. The Labute approximate surface area is 186 Å². The molecule has 0 saturated heterocycles. The van der Waals surface area contributed by atoms with Crippen molar-refractivity contribution in [2.24, 2.45) is 5.73 Å². The topological polar surface area (TPSA) is 115 Å². The molecule has 8 heteroatoms. The van der Waals surface area contributed by atoms with Crippen LogP contribution in [0.3, 0.4) is 0 Å². The molecule has 3 aromatic rings. The largest absolute Gasteiger partial charge is 0.483 e. The minimum Gasteiger partial charge on any atom is -0.483 e. The van der Waals surface area contributed by atoms with Gasteiger partial charge in [-0.1, -0.05) is 50.2 Å². The number of ether oxygens (including phenoxy) is 1. The van der Waals surface area contributed by atoms with E-state index in [4.69, 9.17) is 10.5 Å².